The van der Waals surface area contributed by atoms with E-state index in [4.69, 9.17) is 5.73 Å². The van der Waals surface area contributed by atoms with Gasteiger partial charge in [-0.25, -0.2) is 0 Å². The summed E-state index contributed by atoms with van der Waals surface area (Å²) in [5.74, 6) is 0.664. The molecule has 17 heavy (non-hydrogen) atoms. The summed E-state index contributed by atoms with van der Waals surface area (Å²) in [6.07, 6.45) is 4.83. The molecule has 2 N–H and O–H groups in total. The molecule has 1 aromatic rings. The van der Waals surface area contributed by atoms with Gasteiger partial charge in [-0.05, 0) is 12.3 Å². The predicted octanol–water partition coefficient (Wildman–Crippen LogP) is -0.136. The van der Waals surface area contributed by atoms with Crippen molar-refractivity contribution in [2.24, 2.45) is 11.7 Å². The number of likely N-dealkylation sites (tertiary alicyclic amines) is 1. The van der Waals surface area contributed by atoms with Crippen molar-refractivity contribution in [2.45, 2.75) is 32.4 Å². The average Bonchev–Trinajstić information content (AvgIpc) is 2.82. The van der Waals surface area contributed by atoms with E-state index in [1.165, 1.54) is 0 Å². The molecule has 2 heterocycles. The fraction of sp³-hybridized carbons (Fsp3) is 0.727. The van der Waals surface area contributed by atoms with E-state index in [0.29, 0.717) is 25.4 Å². The van der Waals surface area contributed by atoms with Crippen LogP contribution < -0.4 is 5.73 Å². The van der Waals surface area contributed by atoms with Crippen molar-refractivity contribution in [3.8, 4) is 0 Å². The van der Waals surface area contributed by atoms with E-state index in [1.807, 2.05) is 4.90 Å². The molecule has 2 unspecified atom stereocenters. The molecule has 0 bridgehead atoms. The van der Waals surface area contributed by atoms with Gasteiger partial charge in [0.2, 0.25) is 5.91 Å². The molecule has 1 amide bonds. The number of carbonyl (C=O) groups excluding carboxylic acids is 1. The maximum absolute atomic E-state index is 12.0. The predicted molar refractivity (Wildman–Crippen MR) is 63.0 cm³/mol. The molecule has 1 aliphatic rings. The van der Waals surface area contributed by atoms with Gasteiger partial charge in [0.15, 0.2) is 0 Å². The minimum Gasteiger partial charge on any atom is -0.341 e. The molecule has 0 radical (unpaired) electrons. The van der Waals surface area contributed by atoms with Gasteiger partial charge in [-0.3, -0.25) is 9.48 Å². The monoisotopic (exact) mass is 237 g/mol. The first-order valence-corrected chi connectivity index (χ1v) is 6.04. The van der Waals surface area contributed by atoms with Crippen molar-refractivity contribution < 1.29 is 4.79 Å². The second-order valence-electron chi connectivity index (χ2n) is 4.69. The van der Waals surface area contributed by atoms with Gasteiger partial charge in [0.05, 0.1) is 12.7 Å². The molecular formula is C11H19N5O. The zero-order valence-electron chi connectivity index (χ0n) is 10.1. The Bertz CT molecular complexity index is 364. The Morgan fingerprint density at radius 1 is 1.59 bits per heavy atom. The number of amides is 1. The minimum absolute atomic E-state index is 0.110. The van der Waals surface area contributed by atoms with Crippen molar-refractivity contribution in [3.05, 3.63) is 12.4 Å². The van der Waals surface area contributed by atoms with Gasteiger partial charge in [0, 0.05) is 31.7 Å². The molecule has 2 rings (SSSR count). The highest BCUT2D eigenvalue weighted by atomic mass is 16.2. The summed E-state index contributed by atoms with van der Waals surface area (Å²) in [7, 11) is 0. The van der Waals surface area contributed by atoms with Gasteiger partial charge < -0.3 is 10.6 Å². The van der Waals surface area contributed by atoms with E-state index >= 15 is 0 Å². The fourth-order valence-electron chi connectivity index (χ4n) is 2.05. The lowest BCUT2D eigenvalue weighted by Gasteiger charge is -2.35. The van der Waals surface area contributed by atoms with Crippen LogP contribution in [0.25, 0.3) is 0 Å². The standard InChI is InChI=1S/C11H19N5O/c1-9-2-5-15(8-10(9)12)11(17)3-6-16-7-4-13-14-16/h4,7,9-10H,2-3,5-6,8,12H2,1H3. The number of carbonyl (C=O) groups is 1. The lowest BCUT2D eigenvalue weighted by molar-refractivity contribution is -0.133. The molecule has 2 atom stereocenters. The largest absolute Gasteiger partial charge is 0.341 e. The summed E-state index contributed by atoms with van der Waals surface area (Å²) in [4.78, 5) is 13.8. The third-order valence-corrected chi connectivity index (χ3v) is 3.40. The molecule has 1 aromatic heterocycles. The lowest BCUT2D eigenvalue weighted by Crippen LogP contribution is -2.49. The summed E-state index contributed by atoms with van der Waals surface area (Å²) in [5, 5.41) is 7.53. The smallest absolute Gasteiger partial charge is 0.224 e. The van der Waals surface area contributed by atoms with Crippen molar-refractivity contribution in [1.82, 2.24) is 19.9 Å². The molecule has 6 nitrogen and oxygen atoms in total. The van der Waals surface area contributed by atoms with E-state index < -0.39 is 0 Å². The summed E-state index contributed by atoms with van der Waals surface area (Å²) >= 11 is 0. The van der Waals surface area contributed by atoms with E-state index in [-0.39, 0.29) is 11.9 Å². The van der Waals surface area contributed by atoms with E-state index in [9.17, 15) is 4.79 Å². The molecule has 0 aromatic carbocycles. The number of aryl methyl sites for hydroxylation is 1. The molecule has 94 valence electrons. The van der Waals surface area contributed by atoms with E-state index in [1.54, 1.807) is 17.1 Å². The van der Waals surface area contributed by atoms with Crippen molar-refractivity contribution in [1.29, 1.82) is 0 Å². The van der Waals surface area contributed by atoms with Gasteiger partial charge in [-0.2, -0.15) is 0 Å². The molecule has 6 heteroatoms. The van der Waals surface area contributed by atoms with Gasteiger partial charge in [0.1, 0.15) is 0 Å². The third-order valence-electron chi connectivity index (χ3n) is 3.40. The zero-order chi connectivity index (χ0) is 12.3. The van der Waals surface area contributed by atoms with Crippen LogP contribution in [0.1, 0.15) is 19.8 Å². The summed E-state index contributed by atoms with van der Waals surface area (Å²) < 4.78 is 1.67. The number of nitrogens with two attached hydrogens (primary N) is 1. The van der Waals surface area contributed by atoms with Crippen LogP contribution in [0.5, 0.6) is 0 Å². The Kier molecular flexibility index (Phi) is 3.73. The van der Waals surface area contributed by atoms with Crippen LogP contribution in [-0.2, 0) is 11.3 Å². The van der Waals surface area contributed by atoms with Crippen LogP contribution in [-0.4, -0.2) is 44.9 Å². The van der Waals surface area contributed by atoms with Crippen molar-refractivity contribution in [2.75, 3.05) is 13.1 Å². The lowest BCUT2D eigenvalue weighted by atomic mass is 9.94. The number of hydrogen-bond acceptors (Lipinski definition) is 4. The Morgan fingerprint density at radius 2 is 2.41 bits per heavy atom. The van der Waals surface area contributed by atoms with Crippen LogP contribution >= 0.6 is 0 Å². The molecule has 1 saturated heterocycles. The molecule has 1 aliphatic heterocycles. The molecular weight excluding hydrogens is 218 g/mol. The van der Waals surface area contributed by atoms with Crippen molar-refractivity contribution >= 4 is 5.91 Å². The zero-order valence-corrected chi connectivity index (χ0v) is 10.1. The highest BCUT2D eigenvalue weighted by Gasteiger charge is 2.25. The van der Waals surface area contributed by atoms with Gasteiger partial charge in [0.25, 0.3) is 0 Å². The minimum atomic E-state index is 0.110. The molecule has 0 saturated carbocycles. The summed E-state index contributed by atoms with van der Waals surface area (Å²) in [6, 6.07) is 0.110. The van der Waals surface area contributed by atoms with Gasteiger partial charge in [-0.1, -0.05) is 12.1 Å². The maximum Gasteiger partial charge on any atom is 0.224 e. The SMILES string of the molecule is CC1CCN(C(=O)CCn2ccnn2)CC1N. The first-order chi connectivity index (χ1) is 8.16. The Balaban J connectivity index is 1.80. The van der Waals surface area contributed by atoms with Crippen LogP contribution in [0, 0.1) is 5.92 Å². The normalized spacial score (nSPS) is 24.9. The van der Waals surface area contributed by atoms with Gasteiger partial charge in [-0.15, -0.1) is 5.10 Å². The van der Waals surface area contributed by atoms with Crippen LogP contribution in [0.2, 0.25) is 0 Å². The Hall–Kier alpha value is -1.43. The van der Waals surface area contributed by atoms with Crippen LogP contribution in [0.15, 0.2) is 12.4 Å². The number of piperidine rings is 1. The number of aromatic nitrogens is 3. The second kappa shape index (κ2) is 5.27. The third kappa shape index (κ3) is 3.03. The fourth-order valence-corrected chi connectivity index (χ4v) is 2.05. The first-order valence-electron chi connectivity index (χ1n) is 6.04. The first kappa shape index (κ1) is 12.0. The summed E-state index contributed by atoms with van der Waals surface area (Å²) in [6.45, 7) is 4.23. The Morgan fingerprint density at radius 3 is 3.06 bits per heavy atom. The quantitative estimate of drug-likeness (QED) is 0.794. The number of nitrogens with zero attached hydrogens (tertiary/aromatic N) is 4. The molecule has 0 spiro atoms. The van der Waals surface area contributed by atoms with Gasteiger partial charge >= 0.3 is 0 Å². The molecule has 0 aliphatic carbocycles. The Labute approximate surface area is 101 Å². The van der Waals surface area contributed by atoms with Crippen LogP contribution in [0.3, 0.4) is 0 Å². The number of hydrogen-bond donors (Lipinski definition) is 1. The highest BCUT2D eigenvalue weighted by molar-refractivity contribution is 5.76. The topological polar surface area (TPSA) is 77.0 Å². The van der Waals surface area contributed by atoms with Crippen molar-refractivity contribution in [3.63, 3.8) is 0 Å². The van der Waals surface area contributed by atoms with E-state index in [0.717, 1.165) is 13.0 Å². The van der Waals surface area contributed by atoms with Crippen LogP contribution in [0.4, 0.5) is 0 Å². The number of rotatable bonds is 3. The summed E-state index contributed by atoms with van der Waals surface area (Å²) in [5.41, 5.74) is 5.98. The second-order valence-corrected chi connectivity index (χ2v) is 4.69. The molecule has 1 fully saturated rings. The average molecular weight is 237 g/mol. The highest BCUT2D eigenvalue weighted by Crippen LogP contribution is 2.16. The van der Waals surface area contributed by atoms with E-state index in [2.05, 4.69) is 17.2 Å². The maximum atomic E-state index is 12.0.